The number of pyridine rings is 1. The zero-order valence-corrected chi connectivity index (χ0v) is 12.8. The van der Waals surface area contributed by atoms with Crippen molar-refractivity contribution in [1.82, 2.24) is 4.98 Å². The average Bonchev–Trinajstić information content (AvgIpc) is 2.60. The molecule has 1 heterocycles. The van der Waals surface area contributed by atoms with Crippen LogP contribution in [0.15, 0.2) is 42.4 Å². The van der Waals surface area contributed by atoms with Crippen LogP contribution in [0.4, 0.5) is 11.4 Å². The van der Waals surface area contributed by atoms with Crippen LogP contribution in [0.5, 0.6) is 0 Å². The number of fused-ring (bicyclic) bond motifs is 1. The molecule has 0 aliphatic rings. The topological polar surface area (TPSA) is 121 Å². The molecular weight excluding hydrogens is 318 g/mol. The SMILES string of the molecule is COC(=O)/C=C(/Nc1ccc([N+](=O)[O-])c2ccncc12)C(=O)OC. The Bertz CT molecular complexity index is 846. The van der Waals surface area contributed by atoms with Gasteiger partial charge in [0, 0.05) is 29.5 Å². The minimum Gasteiger partial charge on any atom is -0.466 e. The van der Waals surface area contributed by atoms with Crippen LogP contribution in [0.25, 0.3) is 10.8 Å². The minimum atomic E-state index is -0.796. The smallest absolute Gasteiger partial charge is 0.354 e. The Morgan fingerprint density at radius 2 is 1.96 bits per heavy atom. The second kappa shape index (κ2) is 7.18. The van der Waals surface area contributed by atoms with Gasteiger partial charge in [-0.25, -0.2) is 9.59 Å². The predicted molar refractivity (Wildman–Crippen MR) is 84.1 cm³/mol. The Morgan fingerprint density at radius 3 is 2.58 bits per heavy atom. The summed E-state index contributed by atoms with van der Waals surface area (Å²) in [6.07, 6.45) is 3.76. The van der Waals surface area contributed by atoms with Gasteiger partial charge in [0.25, 0.3) is 5.69 Å². The van der Waals surface area contributed by atoms with Gasteiger partial charge in [0.15, 0.2) is 0 Å². The first kappa shape index (κ1) is 16.9. The number of nitrogens with one attached hydrogen (secondary N) is 1. The first-order valence-corrected chi connectivity index (χ1v) is 6.64. The Kier molecular flexibility index (Phi) is 5.05. The van der Waals surface area contributed by atoms with Gasteiger partial charge in [0.1, 0.15) is 5.70 Å². The maximum absolute atomic E-state index is 11.8. The molecule has 1 N–H and O–H groups in total. The van der Waals surface area contributed by atoms with Crippen LogP contribution in [-0.4, -0.2) is 36.1 Å². The molecule has 0 radical (unpaired) electrons. The van der Waals surface area contributed by atoms with Crippen LogP contribution in [-0.2, 0) is 19.1 Å². The number of anilines is 1. The Hall–Kier alpha value is -3.49. The zero-order chi connectivity index (χ0) is 17.7. The van der Waals surface area contributed by atoms with E-state index in [4.69, 9.17) is 0 Å². The number of nitrogens with zero attached hydrogens (tertiary/aromatic N) is 2. The molecule has 1 aromatic carbocycles. The van der Waals surface area contributed by atoms with Gasteiger partial charge >= 0.3 is 11.9 Å². The van der Waals surface area contributed by atoms with Crippen molar-refractivity contribution in [2.75, 3.05) is 19.5 Å². The molecule has 0 amide bonds. The van der Waals surface area contributed by atoms with E-state index in [1.165, 1.54) is 37.7 Å². The number of aromatic nitrogens is 1. The number of hydrogen-bond donors (Lipinski definition) is 1. The second-order valence-electron chi connectivity index (χ2n) is 4.51. The average molecular weight is 331 g/mol. The predicted octanol–water partition coefficient (Wildman–Crippen LogP) is 1.78. The van der Waals surface area contributed by atoms with Gasteiger partial charge in [0.2, 0.25) is 0 Å². The Balaban J connectivity index is 2.54. The van der Waals surface area contributed by atoms with Crippen LogP contribution in [0.3, 0.4) is 0 Å². The number of rotatable bonds is 5. The van der Waals surface area contributed by atoms with Crippen molar-refractivity contribution in [3.8, 4) is 0 Å². The van der Waals surface area contributed by atoms with E-state index in [2.05, 4.69) is 19.8 Å². The summed E-state index contributed by atoms with van der Waals surface area (Å²) < 4.78 is 9.09. The molecule has 0 bridgehead atoms. The number of carbonyl (C=O) groups is 2. The fraction of sp³-hybridized carbons (Fsp3) is 0.133. The monoisotopic (exact) mass is 331 g/mol. The van der Waals surface area contributed by atoms with Gasteiger partial charge in [-0.15, -0.1) is 0 Å². The summed E-state index contributed by atoms with van der Waals surface area (Å²) in [4.78, 5) is 37.7. The molecule has 24 heavy (non-hydrogen) atoms. The summed E-state index contributed by atoms with van der Waals surface area (Å²) in [6.45, 7) is 0. The van der Waals surface area contributed by atoms with Crippen LogP contribution >= 0.6 is 0 Å². The summed E-state index contributed by atoms with van der Waals surface area (Å²) in [5.41, 5.74) is 0.0714. The summed E-state index contributed by atoms with van der Waals surface area (Å²) in [5.74, 6) is -1.55. The van der Waals surface area contributed by atoms with Gasteiger partial charge in [-0.05, 0) is 12.1 Å². The highest BCUT2D eigenvalue weighted by atomic mass is 16.6. The molecule has 2 aromatic rings. The van der Waals surface area contributed by atoms with Gasteiger partial charge in [-0.1, -0.05) is 0 Å². The number of nitro groups is 1. The van der Waals surface area contributed by atoms with Crippen molar-refractivity contribution in [2.24, 2.45) is 0 Å². The van der Waals surface area contributed by atoms with E-state index < -0.39 is 16.9 Å². The molecule has 0 saturated heterocycles. The van der Waals surface area contributed by atoms with Crippen molar-refractivity contribution >= 4 is 34.1 Å². The molecule has 0 unspecified atom stereocenters. The number of carbonyl (C=O) groups excluding carboxylic acids is 2. The lowest BCUT2D eigenvalue weighted by Gasteiger charge is -2.11. The van der Waals surface area contributed by atoms with E-state index in [1.807, 2.05) is 0 Å². The van der Waals surface area contributed by atoms with Crippen LogP contribution < -0.4 is 5.32 Å². The normalized spacial score (nSPS) is 11.0. The molecule has 2 rings (SSSR count). The largest absolute Gasteiger partial charge is 0.466 e. The first-order valence-electron chi connectivity index (χ1n) is 6.64. The van der Waals surface area contributed by atoms with E-state index in [-0.39, 0.29) is 11.4 Å². The number of non-ortho nitro benzene ring substituents is 1. The number of methoxy groups -OCH3 is 2. The molecule has 9 nitrogen and oxygen atoms in total. The van der Waals surface area contributed by atoms with Crippen molar-refractivity contribution < 1.29 is 24.0 Å². The molecule has 0 saturated carbocycles. The highest BCUT2D eigenvalue weighted by molar-refractivity contribution is 6.04. The van der Waals surface area contributed by atoms with Crippen LogP contribution in [0, 0.1) is 10.1 Å². The van der Waals surface area contributed by atoms with Gasteiger partial charge in [-0.2, -0.15) is 0 Å². The molecule has 0 atom stereocenters. The fourth-order valence-corrected chi connectivity index (χ4v) is 2.02. The third kappa shape index (κ3) is 3.46. The molecule has 0 fully saturated rings. The van der Waals surface area contributed by atoms with E-state index in [9.17, 15) is 19.7 Å². The maximum atomic E-state index is 11.8. The lowest BCUT2D eigenvalue weighted by molar-refractivity contribution is -0.383. The molecule has 0 aliphatic heterocycles. The maximum Gasteiger partial charge on any atom is 0.354 e. The zero-order valence-electron chi connectivity index (χ0n) is 12.8. The van der Waals surface area contributed by atoms with Crippen molar-refractivity contribution in [3.63, 3.8) is 0 Å². The lowest BCUT2D eigenvalue weighted by atomic mass is 10.1. The van der Waals surface area contributed by atoms with E-state index in [0.29, 0.717) is 16.5 Å². The van der Waals surface area contributed by atoms with Gasteiger partial charge in [0.05, 0.1) is 30.6 Å². The first-order chi connectivity index (χ1) is 11.5. The molecule has 0 spiro atoms. The third-order valence-electron chi connectivity index (χ3n) is 3.13. The minimum absolute atomic E-state index is 0.102. The van der Waals surface area contributed by atoms with E-state index in [0.717, 1.165) is 13.2 Å². The number of esters is 2. The highest BCUT2D eigenvalue weighted by Gasteiger charge is 2.18. The summed E-state index contributed by atoms with van der Waals surface area (Å²) in [7, 11) is 2.32. The van der Waals surface area contributed by atoms with E-state index >= 15 is 0 Å². The lowest BCUT2D eigenvalue weighted by Crippen LogP contribution is -2.15. The second-order valence-corrected chi connectivity index (χ2v) is 4.51. The van der Waals surface area contributed by atoms with Crippen molar-refractivity contribution in [3.05, 3.63) is 52.5 Å². The number of ether oxygens (including phenoxy) is 2. The van der Waals surface area contributed by atoms with Gasteiger partial charge in [-0.3, -0.25) is 15.1 Å². The Morgan fingerprint density at radius 1 is 1.21 bits per heavy atom. The van der Waals surface area contributed by atoms with Crippen LogP contribution in [0.1, 0.15) is 0 Å². The molecule has 9 heteroatoms. The number of nitro benzene ring substituents is 1. The van der Waals surface area contributed by atoms with Crippen molar-refractivity contribution in [1.29, 1.82) is 0 Å². The summed E-state index contributed by atoms with van der Waals surface area (Å²) in [5, 5.41) is 14.6. The quantitative estimate of drug-likeness (QED) is 0.381. The van der Waals surface area contributed by atoms with Crippen LogP contribution in [0.2, 0.25) is 0 Å². The molecule has 124 valence electrons. The number of hydrogen-bond acceptors (Lipinski definition) is 8. The fourth-order valence-electron chi connectivity index (χ4n) is 2.02. The third-order valence-corrected chi connectivity index (χ3v) is 3.13. The standard InChI is InChI=1S/C15H13N3O6/c1-23-14(19)7-12(15(20)24-2)17-11-3-4-13(18(21)22)9-5-6-16-8-10(9)11/h3-8,17H,1-2H3/b12-7+. The molecular formula is C15H13N3O6. The molecule has 0 aliphatic carbocycles. The van der Waals surface area contributed by atoms with E-state index in [1.54, 1.807) is 0 Å². The summed E-state index contributed by atoms with van der Waals surface area (Å²) in [6, 6.07) is 4.19. The molecule has 1 aromatic heterocycles. The Labute approximate surface area is 136 Å². The highest BCUT2D eigenvalue weighted by Crippen LogP contribution is 2.31. The summed E-state index contributed by atoms with van der Waals surface area (Å²) >= 11 is 0. The number of benzene rings is 1. The van der Waals surface area contributed by atoms with Crippen molar-refractivity contribution in [2.45, 2.75) is 0 Å². The van der Waals surface area contributed by atoms with Gasteiger partial charge < -0.3 is 14.8 Å².